The zero-order valence-electron chi connectivity index (χ0n) is 9.20. The maximum absolute atomic E-state index is 11.9. The summed E-state index contributed by atoms with van der Waals surface area (Å²) < 4.78 is 23.9. The second-order valence-electron chi connectivity index (χ2n) is 4.31. The molecule has 1 aromatic rings. The molecule has 2 rings (SSSR count). The Morgan fingerprint density at radius 2 is 2.12 bits per heavy atom. The number of rotatable bonds is 2. The summed E-state index contributed by atoms with van der Waals surface area (Å²) in [7, 11) is -3.23. The highest BCUT2D eigenvalue weighted by Crippen LogP contribution is 2.37. The topological polar surface area (TPSA) is 46.2 Å². The van der Waals surface area contributed by atoms with Gasteiger partial charge < -0.3 is 5.32 Å². The molecule has 0 aromatic heterocycles. The van der Waals surface area contributed by atoms with Crippen LogP contribution in [0.15, 0.2) is 23.1 Å². The first kappa shape index (κ1) is 11.9. The Balaban J connectivity index is 2.52. The van der Waals surface area contributed by atoms with Gasteiger partial charge in [-0.15, -0.1) is 0 Å². The van der Waals surface area contributed by atoms with E-state index in [2.05, 4.69) is 5.32 Å². The molecule has 1 atom stereocenters. The van der Waals surface area contributed by atoms with Crippen LogP contribution in [0.5, 0.6) is 0 Å². The SMILES string of the molecule is CC(C)NC1CS(=O)(=O)c2c(Cl)cccc21. The van der Waals surface area contributed by atoms with Crippen LogP contribution in [0.3, 0.4) is 0 Å². The Morgan fingerprint density at radius 3 is 2.75 bits per heavy atom. The third-order valence-electron chi connectivity index (χ3n) is 2.60. The third-order valence-corrected chi connectivity index (χ3v) is 4.88. The van der Waals surface area contributed by atoms with E-state index in [1.54, 1.807) is 12.1 Å². The number of halogens is 1. The minimum absolute atomic E-state index is 0.101. The van der Waals surface area contributed by atoms with Crippen LogP contribution in [-0.4, -0.2) is 20.2 Å². The molecule has 1 unspecified atom stereocenters. The third kappa shape index (κ3) is 1.97. The van der Waals surface area contributed by atoms with E-state index >= 15 is 0 Å². The minimum atomic E-state index is -3.23. The van der Waals surface area contributed by atoms with Gasteiger partial charge in [0.25, 0.3) is 0 Å². The molecular formula is C11H14ClNO2S. The van der Waals surface area contributed by atoms with Crippen molar-refractivity contribution >= 4 is 21.4 Å². The number of sulfone groups is 1. The van der Waals surface area contributed by atoms with Crippen molar-refractivity contribution in [3.05, 3.63) is 28.8 Å². The molecule has 3 nitrogen and oxygen atoms in total. The van der Waals surface area contributed by atoms with Crippen LogP contribution < -0.4 is 5.32 Å². The van der Waals surface area contributed by atoms with Crippen LogP contribution in [0.25, 0.3) is 0 Å². The fourth-order valence-corrected chi connectivity index (χ4v) is 4.41. The first-order valence-electron chi connectivity index (χ1n) is 5.19. The van der Waals surface area contributed by atoms with Crippen molar-refractivity contribution in [3.8, 4) is 0 Å². The fraction of sp³-hybridized carbons (Fsp3) is 0.455. The molecule has 1 aromatic carbocycles. The molecule has 0 amide bonds. The van der Waals surface area contributed by atoms with E-state index in [-0.39, 0.29) is 17.8 Å². The van der Waals surface area contributed by atoms with Crippen LogP contribution in [0.4, 0.5) is 0 Å². The molecule has 88 valence electrons. The van der Waals surface area contributed by atoms with Crippen molar-refractivity contribution in [1.29, 1.82) is 0 Å². The van der Waals surface area contributed by atoms with Crippen molar-refractivity contribution in [2.45, 2.75) is 30.8 Å². The average molecular weight is 260 g/mol. The molecule has 1 heterocycles. The van der Waals surface area contributed by atoms with Gasteiger partial charge in [0.05, 0.1) is 15.7 Å². The summed E-state index contributed by atoms with van der Waals surface area (Å²) in [6.07, 6.45) is 0. The van der Waals surface area contributed by atoms with E-state index in [9.17, 15) is 8.42 Å². The zero-order chi connectivity index (χ0) is 11.9. The van der Waals surface area contributed by atoms with E-state index in [1.807, 2.05) is 19.9 Å². The molecule has 0 saturated carbocycles. The summed E-state index contributed by atoms with van der Waals surface area (Å²) in [6, 6.07) is 5.34. The van der Waals surface area contributed by atoms with Crippen molar-refractivity contribution in [2.24, 2.45) is 0 Å². The van der Waals surface area contributed by atoms with Gasteiger partial charge in [0.1, 0.15) is 0 Å². The smallest absolute Gasteiger partial charge is 0.182 e. The first-order valence-corrected chi connectivity index (χ1v) is 7.22. The molecule has 0 spiro atoms. The summed E-state index contributed by atoms with van der Waals surface area (Å²) in [6.45, 7) is 3.99. The highest BCUT2D eigenvalue weighted by atomic mass is 35.5. The largest absolute Gasteiger partial charge is 0.307 e. The number of nitrogens with one attached hydrogen (secondary N) is 1. The van der Waals surface area contributed by atoms with Gasteiger partial charge in [-0.25, -0.2) is 8.42 Å². The van der Waals surface area contributed by atoms with Gasteiger partial charge in [-0.2, -0.15) is 0 Å². The lowest BCUT2D eigenvalue weighted by atomic mass is 10.1. The van der Waals surface area contributed by atoms with Crippen LogP contribution in [0.2, 0.25) is 5.02 Å². The Bertz CT molecular complexity index is 511. The van der Waals surface area contributed by atoms with E-state index in [0.29, 0.717) is 9.92 Å². The Kier molecular flexibility index (Phi) is 2.99. The molecule has 0 aliphatic carbocycles. The summed E-state index contributed by atoms with van der Waals surface area (Å²) in [5.41, 5.74) is 0.793. The quantitative estimate of drug-likeness (QED) is 0.885. The van der Waals surface area contributed by atoms with Crippen molar-refractivity contribution in [2.75, 3.05) is 5.75 Å². The second-order valence-corrected chi connectivity index (χ2v) is 6.69. The number of fused-ring (bicyclic) bond motifs is 1. The standard InChI is InChI=1S/C11H14ClNO2S/c1-7(2)13-10-6-16(14,15)11-8(10)4-3-5-9(11)12/h3-5,7,10,13H,6H2,1-2H3. The van der Waals surface area contributed by atoms with Gasteiger partial charge in [0.2, 0.25) is 0 Å². The van der Waals surface area contributed by atoms with Gasteiger partial charge in [0.15, 0.2) is 9.84 Å². The summed E-state index contributed by atoms with van der Waals surface area (Å²) in [4.78, 5) is 0.301. The predicted octanol–water partition coefficient (Wildman–Crippen LogP) is 2.17. The van der Waals surface area contributed by atoms with Gasteiger partial charge >= 0.3 is 0 Å². The molecule has 1 aliphatic rings. The lowest BCUT2D eigenvalue weighted by molar-refractivity contribution is 0.508. The molecule has 1 N–H and O–H groups in total. The summed E-state index contributed by atoms with van der Waals surface area (Å²) in [5.74, 6) is 0.101. The first-order chi connectivity index (χ1) is 7.42. The van der Waals surface area contributed by atoms with Gasteiger partial charge in [-0.05, 0) is 11.6 Å². The number of benzene rings is 1. The summed E-state index contributed by atoms with van der Waals surface area (Å²) in [5, 5.41) is 3.57. The normalized spacial score (nSPS) is 22.4. The predicted molar refractivity (Wildman–Crippen MR) is 64.5 cm³/mol. The molecule has 1 aliphatic heterocycles. The Morgan fingerprint density at radius 1 is 1.44 bits per heavy atom. The van der Waals surface area contributed by atoms with Crippen LogP contribution >= 0.6 is 11.6 Å². The van der Waals surface area contributed by atoms with Gasteiger partial charge in [-0.1, -0.05) is 37.6 Å². The van der Waals surface area contributed by atoms with Crippen LogP contribution in [0.1, 0.15) is 25.5 Å². The molecule has 0 bridgehead atoms. The van der Waals surface area contributed by atoms with Crippen LogP contribution in [0, 0.1) is 0 Å². The zero-order valence-corrected chi connectivity index (χ0v) is 10.8. The molecular weight excluding hydrogens is 246 g/mol. The van der Waals surface area contributed by atoms with Crippen molar-refractivity contribution in [3.63, 3.8) is 0 Å². The molecule has 5 heteroatoms. The second kappa shape index (κ2) is 4.02. The number of hydrogen-bond donors (Lipinski definition) is 1. The van der Waals surface area contributed by atoms with Crippen LogP contribution in [-0.2, 0) is 9.84 Å². The maximum atomic E-state index is 11.9. The van der Waals surface area contributed by atoms with Crippen molar-refractivity contribution < 1.29 is 8.42 Å². The van der Waals surface area contributed by atoms with Crippen molar-refractivity contribution in [1.82, 2.24) is 5.32 Å². The number of hydrogen-bond acceptors (Lipinski definition) is 3. The van der Waals surface area contributed by atoms with Gasteiger partial charge in [0, 0.05) is 12.1 Å². The fourth-order valence-electron chi connectivity index (χ4n) is 2.06. The van der Waals surface area contributed by atoms with E-state index < -0.39 is 9.84 Å². The van der Waals surface area contributed by atoms with Gasteiger partial charge in [-0.3, -0.25) is 0 Å². The molecule has 0 fully saturated rings. The maximum Gasteiger partial charge on any atom is 0.182 e. The van der Waals surface area contributed by atoms with E-state index in [4.69, 9.17) is 11.6 Å². The monoisotopic (exact) mass is 259 g/mol. The summed E-state index contributed by atoms with van der Waals surface area (Å²) >= 11 is 5.95. The highest BCUT2D eigenvalue weighted by Gasteiger charge is 2.36. The highest BCUT2D eigenvalue weighted by molar-refractivity contribution is 7.92. The van der Waals surface area contributed by atoms with E-state index in [0.717, 1.165) is 5.56 Å². The molecule has 0 radical (unpaired) electrons. The average Bonchev–Trinajstić information content (AvgIpc) is 2.38. The minimum Gasteiger partial charge on any atom is -0.307 e. The Labute approximate surface area is 101 Å². The molecule has 0 saturated heterocycles. The Hall–Kier alpha value is -0.580. The molecule has 16 heavy (non-hydrogen) atoms. The lowest BCUT2D eigenvalue weighted by Crippen LogP contribution is -2.29. The lowest BCUT2D eigenvalue weighted by Gasteiger charge is -2.15. The van der Waals surface area contributed by atoms with E-state index in [1.165, 1.54) is 0 Å².